The fourth-order valence-corrected chi connectivity index (χ4v) is 4.40. The smallest absolute Gasteiger partial charge is 0.357 e. The molecule has 1 heterocycles. The Bertz CT molecular complexity index is 729. The predicted molar refractivity (Wildman–Crippen MR) is 135 cm³/mol. The average molecular weight is 567 g/mol. The molecule has 2 aliphatic rings. The van der Waals surface area contributed by atoms with E-state index in [-0.39, 0.29) is 29.4 Å². The Hall–Kier alpha value is -1.07. The minimum atomic E-state index is -4.32. The molecule has 0 amide bonds. The highest BCUT2D eigenvalue weighted by atomic mass is 127. The molecule has 1 aliphatic carbocycles. The van der Waals surface area contributed by atoms with Gasteiger partial charge in [-0.1, -0.05) is 31.5 Å². The lowest BCUT2D eigenvalue weighted by atomic mass is 9.64. The summed E-state index contributed by atoms with van der Waals surface area (Å²) in [5, 5.41) is 6.68. The topological polar surface area (TPSA) is 42.9 Å². The van der Waals surface area contributed by atoms with Gasteiger partial charge in [0.2, 0.25) is 0 Å². The van der Waals surface area contributed by atoms with Gasteiger partial charge in [-0.15, -0.1) is 24.0 Å². The van der Waals surface area contributed by atoms with E-state index in [1.165, 1.54) is 12.1 Å². The van der Waals surface area contributed by atoms with Gasteiger partial charge in [-0.2, -0.15) is 13.2 Å². The number of guanidine groups is 1. The van der Waals surface area contributed by atoms with Crippen molar-refractivity contribution in [3.8, 4) is 0 Å². The van der Waals surface area contributed by atoms with Crippen LogP contribution in [0.25, 0.3) is 0 Å². The molecule has 0 bridgehead atoms. The molecule has 2 fully saturated rings. The first kappa shape index (κ1) is 27.2. The van der Waals surface area contributed by atoms with Gasteiger partial charge in [0.05, 0.1) is 12.1 Å². The number of likely N-dealkylation sites (N-methyl/N-ethyl adjacent to an activating group) is 1. The quantitative estimate of drug-likeness (QED) is 0.284. The molecular formula is C23H37F3IN5. The fourth-order valence-electron chi connectivity index (χ4n) is 4.40. The Morgan fingerprint density at radius 2 is 1.75 bits per heavy atom. The highest BCUT2D eigenvalue weighted by molar-refractivity contribution is 14.0. The zero-order valence-electron chi connectivity index (χ0n) is 19.2. The van der Waals surface area contributed by atoms with Crippen LogP contribution in [-0.2, 0) is 11.6 Å². The molecule has 1 aromatic carbocycles. The van der Waals surface area contributed by atoms with Gasteiger partial charge in [0.15, 0.2) is 5.96 Å². The van der Waals surface area contributed by atoms with Gasteiger partial charge in [0, 0.05) is 51.2 Å². The molecule has 0 atom stereocenters. The zero-order valence-corrected chi connectivity index (χ0v) is 21.5. The molecule has 1 aromatic rings. The molecule has 1 saturated carbocycles. The Morgan fingerprint density at radius 1 is 1.06 bits per heavy atom. The number of hydrogen-bond acceptors (Lipinski definition) is 3. The first-order valence-corrected chi connectivity index (χ1v) is 11.5. The number of aliphatic imine (C=N–C) groups is 1. The van der Waals surface area contributed by atoms with E-state index in [2.05, 4.69) is 27.4 Å². The molecule has 1 aliphatic heterocycles. The summed E-state index contributed by atoms with van der Waals surface area (Å²) in [4.78, 5) is 9.69. The van der Waals surface area contributed by atoms with E-state index in [9.17, 15) is 13.2 Å². The van der Waals surface area contributed by atoms with Crippen LogP contribution < -0.4 is 10.6 Å². The lowest BCUT2D eigenvalue weighted by molar-refractivity contribution is -0.137. The van der Waals surface area contributed by atoms with Gasteiger partial charge in [-0.05, 0) is 37.9 Å². The Labute approximate surface area is 207 Å². The van der Waals surface area contributed by atoms with Crippen LogP contribution in [-0.4, -0.2) is 74.7 Å². The summed E-state index contributed by atoms with van der Waals surface area (Å²) < 4.78 is 39.5. The van der Waals surface area contributed by atoms with Gasteiger partial charge in [0.25, 0.3) is 0 Å². The van der Waals surface area contributed by atoms with Crippen LogP contribution in [0.5, 0.6) is 0 Å². The molecule has 3 rings (SSSR count). The van der Waals surface area contributed by atoms with Crippen molar-refractivity contribution in [2.24, 2.45) is 4.99 Å². The summed E-state index contributed by atoms with van der Waals surface area (Å²) in [5.41, 5.74) is -0.115. The predicted octanol–water partition coefficient (Wildman–Crippen LogP) is 3.94. The van der Waals surface area contributed by atoms with E-state index in [0.29, 0.717) is 6.54 Å². The summed E-state index contributed by atoms with van der Waals surface area (Å²) in [6, 6.07) is 5.79. The van der Waals surface area contributed by atoms with Crippen LogP contribution in [0.15, 0.2) is 29.3 Å². The number of nitrogens with zero attached hydrogens (tertiary/aromatic N) is 3. The molecule has 1 saturated heterocycles. The summed E-state index contributed by atoms with van der Waals surface area (Å²) in [7, 11) is 0. The number of piperazine rings is 1. The highest BCUT2D eigenvalue weighted by Gasteiger charge is 2.40. The van der Waals surface area contributed by atoms with Crippen molar-refractivity contribution in [2.45, 2.75) is 44.7 Å². The van der Waals surface area contributed by atoms with Crippen molar-refractivity contribution >= 4 is 29.9 Å². The lowest BCUT2D eigenvalue weighted by Gasteiger charge is -2.41. The van der Waals surface area contributed by atoms with Crippen molar-refractivity contribution < 1.29 is 13.2 Å². The third-order valence-electron chi connectivity index (χ3n) is 6.63. The monoisotopic (exact) mass is 567 g/mol. The minimum Gasteiger partial charge on any atom is -0.357 e. The molecular weight excluding hydrogens is 530 g/mol. The maximum atomic E-state index is 13.2. The average Bonchev–Trinajstić information content (AvgIpc) is 2.73. The maximum absolute atomic E-state index is 13.2. The first-order valence-electron chi connectivity index (χ1n) is 11.5. The standard InChI is InChI=1S/C23H36F3N5.HI/c1-3-27-21(28-11-12-31-15-13-30(4-2)14-16-31)29-18-22(9-6-10-22)19-7-5-8-20(17-19)23(24,25)26;/h5,7-8,17H,3-4,6,9-16,18H2,1-2H3,(H2,27,28,29);1H. The number of rotatable bonds is 8. The number of halogens is 4. The van der Waals surface area contributed by atoms with Crippen LogP contribution in [0.3, 0.4) is 0 Å². The van der Waals surface area contributed by atoms with E-state index < -0.39 is 11.7 Å². The molecule has 182 valence electrons. The number of nitrogens with one attached hydrogen (secondary N) is 2. The second-order valence-electron chi connectivity index (χ2n) is 8.61. The highest BCUT2D eigenvalue weighted by Crippen LogP contribution is 2.45. The molecule has 2 N–H and O–H groups in total. The Morgan fingerprint density at radius 3 is 2.31 bits per heavy atom. The van der Waals surface area contributed by atoms with Gasteiger partial charge in [-0.25, -0.2) is 0 Å². The summed E-state index contributed by atoms with van der Waals surface area (Å²) in [5.74, 6) is 0.743. The van der Waals surface area contributed by atoms with Crippen LogP contribution >= 0.6 is 24.0 Å². The van der Waals surface area contributed by atoms with Crippen molar-refractivity contribution in [3.63, 3.8) is 0 Å². The molecule has 0 aromatic heterocycles. The van der Waals surface area contributed by atoms with Crippen LogP contribution in [0.2, 0.25) is 0 Å². The number of alkyl halides is 3. The van der Waals surface area contributed by atoms with Crippen molar-refractivity contribution in [3.05, 3.63) is 35.4 Å². The van der Waals surface area contributed by atoms with Gasteiger partial charge >= 0.3 is 6.18 Å². The van der Waals surface area contributed by atoms with Crippen LogP contribution in [0, 0.1) is 0 Å². The van der Waals surface area contributed by atoms with Gasteiger partial charge in [0.1, 0.15) is 0 Å². The lowest BCUT2D eigenvalue weighted by Crippen LogP contribution is -2.49. The number of benzene rings is 1. The van der Waals surface area contributed by atoms with Crippen molar-refractivity contribution in [2.75, 3.05) is 58.9 Å². The largest absolute Gasteiger partial charge is 0.416 e. The summed E-state index contributed by atoms with van der Waals surface area (Å²) in [6.45, 7) is 12.7. The molecule has 0 radical (unpaired) electrons. The second kappa shape index (κ2) is 12.4. The third kappa shape index (κ3) is 7.21. The maximum Gasteiger partial charge on any atom is 0.416 e. The van der Waals surface area contributed by atoms with E-state index in [4.69, 9.17) is 4.99 Å². The first-order chi connectivity index (χ1) is 14.9. The molecule has 5 nitrogen and oxygen atoms in total. The summed E-state index contributed by atoms with van der Waals surface area (Å²) >= 11 is 0. The van der Waals surface area contributed by atoms with E-state index in [0.717, 1.165) is 89.2 Å². The van der Waals surface area contributed by atoms with Crippen LogP contribution in [0.4, 0.5) is 13.2 Å². The fraction of sp³-hybridized carbons (Fsp3) is 0.696. The van der Waals surface area contributed by atoms with E-state index >= 15 is 0 Å². The molecule has 0 spiro atoms. The van der Waals surface area contributed by atoms with Crippen molar-refractivity contribution in [1.82, 2.24) is 20.4 Å². The normalized spacial score (nSPS) is 19.7. The minimum absolute atomic E-state index is 0. The molecule has 9 heteroatoms. The van der Waals surface area contributed by atoms with Gasteiger partial charge < -0.3 is 15.5 Å². The summed E-state index contributed by atoms with van der Waals surface area (Å²) in [6.07, 6.45) is -1.54. The Balaban J connectivity index is 0.00000363. The zero-order chi connectivity index (χ0) is 22.3. The van der Waals surface area contributed by atoms with Crippen LogP contribution in [0.1, 0.15) is 44.2 Å². The Kier molecular flexibility index (Phi) is 10.5. The third-order valence-corrected chi connectivity index (χ3v) is 6.63. The van der Waals surface area contributed by atoms with Crippen molar-refractivity contribution in [1.29, 1.82) is 0 Å². The SMILES string of the molecule is CCNC(=NCC1(c2cccc(C(F)(F)F)c2)CCC1)NCCN1CCN(CC)CC1.I. The molecule has 32 heavy (non-hydrogen) atoms. The number of hydrogen-bond donors (Lipinski definition) is 2. The van der Waals surface area contributed by atoms with E-state index in [1.54, 1.807) is 0 Å². The van der Waals surface area contributed by atoms with Gasteiger partial charge in [-0.3, -0.25) is 9.89 Å². The van der Waals surface area contributed by atoms with E-state index in [1.807, 2.05) is 13.0 Å². The second-order valence-corrected chi connectivity index (χ2v) is 8.61. The molecule has 0 unspecified atom stereocenters.